The Bertz CT molecular complexity index is 735. The van der Waals surface area contributed by atoms with Gasteiger partial charge in [-0.2, -0.15) is 0 Å². The van der Waals surface area contributed by atoms with E-state index in [4.69, 9.17) is 11.6 Å². The van der Waals surface area contributed by atoms with Crippen molar-refractivity contribution in [1.29, 1.82) is 0 Å². The Hall–Kier alpha value is -2.12. The van der Waals surface area contributed by atoms with Crippen LogP contribution in [0.25, 0.3) is 22.4 Å². The molecule has 1 aromatic heterocycles. The lowest BCUT2D eigenvalue weighted by atomic mass is 9.98. The monoisotopic (exact) mass is 279 g/mol. The number of hydrogen-bond donors (Lipinski definition) is 0. The number of rotatable bonds is 2. The highest BCUT2D eigenvalue weighted by Gasteiger charge is 2.11. The molecule has 3 aromatic rings. The van der Waals surface area contributed by atoms with Crippen LogP contribution in [-0.2, 0) is 0 Å². The summed E-state index contributed by atoms with van der Waals surface area (Å²) in [4.78, 5) is 4.54. The normalized spacial score (nSPS) is 10.5. The first-order valence-electron chi connectivity index (χ1n) is 6.52. The maximum Gasteiger partial charge on any atom is 0.0795 e. The summed E-state index contributed by atoms with van der Waals surface area (Å²) in [7, 11) is 0. The molecule has 0 saturated carbocycles. The molecule has 98 valence electrons. The molecule has 2 aromatic carbocycles. The minimum Gasteiger partial charge on any atom is -0.256 e. The Morgan fingerprint density at radius 1 is 0.850 bits per heavy atom. The maximum absolute atomic E-state index is 6.35. The second-order valence-electron chi connectivity index (χ2n) is 4.75. The van der Waals surface area contributed by atoms with Crippen LogP contribution in [0.15, 0.2) is 66.9 Å². The van der Waals surface area contributed by atoms with Gasteiger partial charge >= 0.3 is 0 Å². The van der Waals surface area contributed by atoms with E-state index in [2.05, 4.69) is 36.2 Å². The summed E-state index contributed by atoms with van der Waals surface area (Å²) in [6.45, 7) is 2.06. The average molecular weight is 280 g/mol. The highest BCUT2D eigenvalue weighted by Crippen LogP contribution is 2.34. The number of pyridine rings is 1. The second kappa shape index (κ2) is 5.48. The molecule has 0 bridgehead atoms. The Labute approximate surface area is 123 Å². The number of aryl methyl sites for hydroxylation is 1. The van der Waals surface area contributed by atoms with Crippen molar-refractivity contribution in [3.05, 3.63) is 77.4 Å². The number of halogens is 1. The Balaban J connectivity index is 2.23. The molecule has 20 heavy (non-hydrogen) atoms. The highest BCUT2D eigenvalue weighted by atomic mass is 35.5. The van der Waals surface area contributed by atoms with Crippen LogP contribution in [0.3, 0.4) is 0 Å². The van der Waals surface area contributed by atoms with Crippen molar-refractivity contribution in [3.8, 4) is 22.4 Å². The first-order valence-corrected chi connectivity index (χ1v) is 6.90. The van der Waals surface area contributed by atoms with E-state index in [0.29, 0.717) is 0 Å². The van der Waals surface area contributed by atoms with Gasteiger partial charge in [-0.15, -0.1) is 0 Å². The van der Waals surface area contributed by atoms with Gasteiger partial charge in [0, 0.05) is 22.3 Å². The standard InChI is InChI=1S/C18H14ClN/c1-13-9-10-17(19)16(12-13)18-15(8-5-11-20-18)14-6-3-2-4-7-14/h2-12H,1H3. The third-order valence-corrected chi connectivity index (χ3v) is 3.60. The lowest BCUT2D eigenvalue weighted by molar-refractivity contribution is 1.32. The van der Waals surface area contributed by atoms with Crippen LogP contribution in [0.4, 0.5) is 0 Å². The molecule has 2 heteroatoms. The average Bonchev–Trinajstić information content (AvgIpc) is 2.51. The van der Waals surface area contributed by atoms with Gasteiger partial charge in [-0.05, 0) is 30.7 Å². The van der Waals surface area contributed by atoms with E-state index in [0.717, 1.165) is 27.4 Å². The third-order valence-electron chi connectivity index (χ3n) is 3.27. The van der Waals surface area contributed by atoms with Gasteiger partial charge in [0.05, 0.1) is 5.69 Å². The first kappa shape index (κ1) is 12.9. The lowest BCUT2D eigenvalue weighted by Crippen LogP contribution is -1.90. The molecule has 0 saturated heterocycles. The smallest absolute Gasteiger partial charge is 0.0795 e. The predicted molar refractivity (Wildman–Crippen MR) is 84.9 cm³/mol. The molecular formula is C18H14ClN. The predicted octanol–water partition coefficient (Wildman–Crippen LogP) is 5.38. The topological polar surface area (TPSA) is 12.9 Å². The second-order valence-corrected chi connectivity index (χ2v) is 5.16. The zero-order valence-corrected chi connectivity index (χ0v) is 11.9. The van der Waals surface area contributed by atoms with Crippen molar-refractivity contribution in [3.63, 3.8) is 0 Å². The van der Waals surface area contributed by atoms with Gasteiger partial charge < -0.3 is 0 Å². The van der Waals surface area contributed by atoms with Gasteiger partial charge in [-0.1, -0.05) is 59.6 Å². The molecule has 0 atom stereocenters. The molecule has 0 aliphatic heterocycles. The number of aromatic nitrogens is 1. The Morgan fingerprint density at radius 3 is 2.45 bits per heavy atom. The van der Waals surface area contributed by atoms with Gasteiger partial charge in [0.1, 0.15) is 0 Å². The van der Waals surface area contributed by atoms with E-state index in [1.54, 1.807) is 6.20 Å². The fourth-order valence-corrected chi connectivity index (χ4v) is 2.50. The number of benzene rings is 2. The molecule has 1 heterocycles. The quantitative estimate of drug-likeness (QED) is 0.614. The summed E-state index contributed by atoms with van der Waals surface area (Å²) < 4.78 is 0. The minimum atomic E-state index is 0.728. The summed E-state index contributed by atoms with van der Waals surface area (Å²) in [5, 5.41) is 0.728. The van der Waals surface area contributed by atoms with Crippen molar-refractivity contribution in [2.75, 3.05) is 0 Å². The van der Waals surface area contributed by atoms with Crippen molar-refractivity contribution in [2.24, 2.45) is 0 Å². The Kier molecular flexibility index (Phi) is 3.53. The largest absolute Gasteiger partial charge is 0.256 e. The van der Waals surface area contributed by atoms with Crippen molar-refractivity contribution in [1.82, 2.24) is 4.98 Å². The van der Waals surface area contributed by atoms with E-state index in [-0.39, 0.29) is 0 Å². The number of nitrogens with zero attached hydrogens (tertiary/aromatic N) is 1. The van der Waals surface area contributed by atoms with E-state index in [9.17, 15) is 0 Å². The maximum atomic E-state index is 6.35. The van der Waals surface area contributed by atoms with E-state index in [1.807, 2.05) is 36.4 Å². The van der Waals surface area contributed by atoms with Crippen LogP contribution in [0.2, 0.25) is 5.02 Å². The van der Waals surface area contributed by atoms with E-state index < -0.39 is 0 Å². The summed E-state index contributed by atoms with van der Waals surface area (Å²) in [5.74, 6) is 0. The fraction of sp³-hybridized carbons (Fsp3) is 0.0556. The van der Waals surface area contributed by atoms with Crippen molar-refractivity contribution >= 4 is 11.6 Å². The zero-order chi connectivity index (χ0) is 13.9. The zero-order valence-electron chi connectivity index (χ0n) is 11.2. The van der Waals surface area contributed by atoms with E-state index >= 15 is 0 Å². The SMILES string of the molecule is Cc1ccc(Cl)c(-c2ncccc2-c2ccccc2)c1. The summed E-state index contributed by atoms with van der Waals surface area (Å²) >= 11 is 6.35. The molecule has 0 aliphatic carbocycles. The van der Waals surface area contributed by atoms with Crippen LogP contribution >= 0.6 is 11.6 Å². The molecule has 0 radical (unpaired) electrons. The van der Waals surface area contributed by atoms with Gasteiger partial charge in [0.25, 0.3) is 0 Å². The third kappa shape index (κ3) is 2.45. The summed E-state index contributed by atoms with van der Waals surface area (Å²) in [6, 6.07) is 20.3. The van der Waals surface area contributed by atoms with Crippen LogP contribution in [0.5, 0.6) is 0 Å². The molecule has 1 nitrogen and oxygen atoms in total. The molecule has 0 aliphatic rings. The van der Waals surface area contributed by atoms with Gasteiger partial charge in [-0.3, -0.25) is 4.98 Å². The minimum absolute atomic E-state index is 0.728. The van der Waals surface area contributed by atoms with Gasteiger partial charge in [0.15, 0.2) is 0 Å². The molecule has 3 rings (SSSR count). The fourth-order valence-electron chi connectivity index (χ4n) is 2.29. The molecular weight excluding hydrogens is 266 g/mol. The van der Waals surface area contributed by atoms with Crippen LogP contribution < -0.4 is 0 Å². The van der Waals surface area contributed by atoms with Crippen LogP contribution in [-0.4, -0.2) is 4.98 Å². The van der Waals surface area contributed by atoms with Gasteiger partial charge in [0.2, 0.25) is 0 Å². The van der Waals surface area contributed by atoms with Crippen molar-refractivity contribution < 1.29 is 0 Å². The molecule has 0 spiro atoms. The number of hydrogen-bond acceptors (Lipinski definition) is 1. The first-order chi connectivity index (χ1) is 9.75. The van der Waals surface area contributed by atoms with Crippen LogP contribution in [0, 0.1) is 6.92 Å². The Morgan fingerprint density at radius 2 is 1.65 bits per heavy atom. The molecule has 0 amide bonds. The van der Waals surface area contributed by atoms with Crippen molar-refractivity contribution in [2.45, 2.75) is 6.92 Å². The van der Waals surface area contributed by atoms with Gasteiger partial charge in [-0.25, -0.2) is 0 Å². The summed E-state index contributed by atoms with van der Waals surface area (Å²) in [5.41, 5.74) is 5.32. The molecule has 0 unspecified atom stereocenters. The van der Waals surface area contributed by atoms with E-state index in [1.165, 1.54) is 5.56 Å². The summed E-state index contributed by atoms with van der Waals surface area (Å²) in [6.07, 6.45) is 1.81. The molecule has 0 fully saturated rings. The molecule has 0 N–H and O–H groups in total. The highest BCUT2D eigenvalue weighted by molar-refractivity contribution is 6.33. The van der Waals surface area contributed by atoms with Crippen LogP contribution in [0.1, 0.15) is 5.56 Å². The lowest BCUT2D eigenvalue weighted by Gasteiger charge is -2.11.